The highest BCUT2D eigenvalue weighted by molar-refractivity contribution is 7.19. The summed E-state index contributed by atoms with van der Waals surface area (Å²) in [5.74, 6) is 0. The highest BCUT2D eigenvalue weighted by atomic mass is 32.1. The molecule has 10 heteroatoms. The number of aryl methyl sites for hydroxylation is 1. The zero-order chi connectivity index (χ0) is 19.6. The summed E-state index contributed by atoms with van der Waals surface area (Å²) in [4.78, 5) is 21.7. The summed E-state index contributed by atoms with van der Waals surface area (Å²) in [5.41, 5.74) is 12.5. The predicted molar refractivity (Wildman–Crippen MR) is 111 cm³/mol. The molecular formula is C17H21N7OS2. The van der Waals surface area contributed by atoms with E-state index in [1.54, 1.807) is 23.7 Å². The smallest absolute Gasteiger partial charge is 0.291 e. The molecule has 0 aliphatic heterocycles. The molecule has 8 nitrogen and oxygen atoms in total. The number of nitrogens with zero attached hydrogens (tertiary/aromatic N) is 5. The van der Waals surface area contributed by atoms with E-state index in [4.69, 9.17) is 5.73 Å². The number of aromatic nitrogens is 5. The lowest BCUT2D eigenvalue weighted by Gasteiger charge is -2.03. The van der Waals surface area contributed by atoms with Crippen LogP contribution < -0.4 is 17.0 Å². The molecule has 27 heavy (non-hydrogen) atoms. The molecule has 4 aromatic heterocycles. The molecule has 0 atom stereocenters. The summed E-state index contributed by atoms with van der Waals surface area (Å²) >= 11 is 3.07. The van der Waals surface area contributed by atoms with Crippen molar-refractivity contribution in [2.24, 2.45) is 18.5 Å². The largest absolute Gasteiger partial charge is 0.402 e. The first-order valence-electron chi connectivity index (χ1n) is 8.29. The second kappa shape index (κ2) is 7.99. The lowest BCUT2D eigenvalue weighted by Crippen LogP contribution is -2.24. The summed E-state index contributed by atoms with van der Waals surface area (Å²) in [7, 11) is 3.36. The van der Waals surface area contributed by atoms with Crippen LogP contribution in [-0.2, 0) is 20.0 Å². The van der Waals surface area contributed by atoms with Gasteiger partial charge in [0.25, 0.3) is 5.56 Å². The van der Waals surface area contributed by atoms with E-state index in [0.717, 1.165) is 31.4 Å². The first-order valence-corrected chi connectivity index (χ1v) is 9.98. The van der Waals surface area contributed by atoms with Gasteiger partial charge in [-0.25, -0.2) is 14.6 Å². The number of nitrogens with two attached hydrogens (primary N) is 2. The normalized spacial score (nSPS) is 11.8. The molecular weight excluding hydrogens is 382 g/mol. The maximum Gasteiger partial charge on any atom is 0.291 e. The van der Waals surface area contributed by atoms with Crippen LogP contribution in [0.2, 0.25) is 0 Å². The van der Waals surface area contributed by atoms with Crippen molar-refractivity contribution in [2.45, 2.75) is 19.9 Å². The number of hydrogen-bond donors (Lipinski definition) is 2. The molecule has 0 bridgehead atoms. The van der Waals surface area contributed by atoms with Crippen molar-refractivity contribution in [3.05, 3.63) is 49.9 Å². The van der Waals surface area contributed by atoms with Crippen molar-refractivity contribution in [2.75, 3.05) is 7.05 Å². The van der Waals surface area contributed by atoms with Crippen molar-refractivity contribution in [3.63, 3.8) is 0 Å². The Bertz CT molecular complexity index is 1150. The van der Waals surface area contributed by atoms with Gasteiger partial charge in [-0.2, -0.15) is 5.10 Å². The van der Waals surface area contributed by atoms with E-state index < -0.39 is 0 Å². The number of allylic oxidation sites excluding steroid dienone is 2. The summed E-state index contributed by atoms with van der Waals surface area (Å²) < 4.78 is 4.27. The minimum absolute atomic E-state index is 0.130. The Kier molecular flexibility index (Phi) is 5.68. The molecule has 4 aromatic rings. The number of fused-ring (bicyclic) bond motifs is 3. The minimum atomic E-state index is -0.130. The van der Waals surface area contributed by atoms with E-state index >= 15 is 0 Å². The van der Waals surface area contributed by atoms with Gasteiger partial charge in [0.15, 0.2) is 5.65 Å². The van der Waals surface area contributed by atoms with Crippen molar-refractivity contribution < 1.29 is 0 Å². The van der Waals surface area contributed by atoms with E-state index in [1.807, 2.05) is 30.0 Å². The first kappa shape index (κ1) is 19.2. The molecule has 4 heterocycles. The summed E-state index contributed by atoms with van der Waals surface area (Å²) in [6.07, 6.45) is 5.96. The van der Waals surface area contributed by atoms with Gasteiger partial charge in [-0.05, 0) is 14.0 Å². The molecule has 142 valence electrons. The van der Waals surface area contributed by atoms with Crippen LogP contribution in [0.4, 0.5) is 0 Å². The van der Waals surface area contributed by atoms with Gasteiger partial charge in [-0.15, -0.1) is 22.7 Å². The number of rotatable bonds is 4. The zero-order valence-corrected chi connectivity index (χ0v) is 17.0. The molecule has 0 aliphatic rings. The molecule has 4 N–H and O–H groups in total. The zero-order valence-electron chi connectivity index (χ0n) is 15.3. The second-order valence-corrected chi connectivity index (χ2v) is 7.72. The average Bonchev–Trinajstić information content (AvgIpc) is 3.38. The molecule has 0 aromatic carbocycles. The van der Waals surface area contributed by atoms with Gasteiger partial charge in [0.1, 0.15) is 15.5 Å². The summed E-state index contributed by atoms with van der Waals surface area (Å²) in [5, 5.41) is 8.84. The third-order valence-electron chi connectivity index (χ3n) is 4.06. The van der Waals surface area contributed by atoms with Crippen LogP contribution in [-0.4, -0.2) is 31.4 Å². The quantitative estimate of drug-likeness (QED) is 0.537. The van der Waals surface area contributed by atoms with Crippen LogP contribution in [0.1, 0.15) is 16.9 Å². The first-order chi connectivity index (χ1) is 13.1. The lowest BCUT2D eigenvalue weighted by molar-refractivity contribution is 0.641. The topological polar surface area (TPSA) is 118 Å². The Labute approximate surface area is 163 Å². The number of thiazole rings is 2. The summed E-state index contributed by atoms with van der Waals surface area (Å²) in [6.45, 7) is 2.29. The Balaban J connectivity index is 0.00000102. The van der Waals surface area contributed by atoms with Crippen LogP contribution in [0.5, 0.6) is 0 Å². The molecule has 0 amide bonds. The van der Waals surface area contributed by atoms with Gasteiger partial charge in [0.05, 0.1) is 17.4 Å². The summed E-state index contributed by atoms with van der Waals surface area (Å²) in [6, 6.07) is 0. The van der Waals surface area contributed by atoms with Gasteiger partial charge in [0.2, 0.25) is 0 Å². The van der Waals surface area contributed by atoms with Crippen molar-refractivity contribution in [1.82, 2.24) is 24.3 Å². The second-order valence-electron chi connectivity index (χ2n) is 5.66. The van der Waals surface area contributed by atoms with Crippen LogP contribution in [0, 0.1) is 0 Å². The maximum atomic E-state index is 12.9. The van der Waals surface area contributed by atoms with Crippen LogP contribution in [0.25, 0.3) is 21.3 Å². The van der Waals surface area contributed by atoms with Gasteiger partial charge >= 0.3 is 0 Å². The van der Waals surface area contributed by atoms with Crippen LogP contribution >= 0.6 is 22.7 Å². The maximum absolute atomic E-state index is 12.9. The number of hydrogen-bond acceptors (Lipinski definition) is 8. The minimum Gasteiger partial charge on any atom is -0.402 e. The monoisotopic (exact) mass is 403 g/mol. The fourth-order valence-corrected chi connectivity index (χ4v) is 4.49. The van der Waals surface area contributed by atoms with E-state index in [2.05, 4.69) is 20.8 Å². The third kappa shape index (κ3) is 3.51. The SMILES string of the molecule is C/C=C(\N)Cc1nc2c(s1)c1cnn(Cc3nccs3)c(=O)c1n2C.CN. The van der Waals surface area contributed by atoms with Crippen molar-refractivity contribution >= 4 is 43.9 Å². The molecule has 0 saturated carbocycles. The molecule has 0 spiro atoms. The highest BCUT2D eigenvalue weighted by Gasteiger charge is 2.18. The fraction of sp³-hybridized carbons (Fsp3) is 0.294. The van der Waals surface area contributed by atoms with Crippen molar-refractivity contribution in [1.29, 1.82) is 0 Å². The Morgan fingerprint density at radius 1 is 1.33 bits per heavy atom. The molecule has 4 rings (SSSR count). The Hall–Kier alpha value is -2.56. The molecule has 0 aliphatic carbocycles. The molecule has 0 saturated heterocycles. The van der Waals surface area contributed by atoms with E-state index in [9.17, 15) is 4.79 Å². The molecule has 0 unspecified atom stereocenters. The van der Waals surface area contributed by atoms with E-state index in [1.165, 1.54) is 23.1 Å². The molecule has 0 radical (unpaired) electrons. The lowest BCUT2D eigenvalue weighted by atomic mass is 10.3. The van der Waals surface area contributed by atoms with Gasteiger partial charge < -0.3 is 16.0 Å². The predicted octanol–water partition coefficient (Wildman–Crippen LogP) is 1.83. The van der Waals surface area contributed by atoms with Crippen molar-refractivity contribution in [3.8, 4) is 0 Å². The van der Waals surface area contributed by atoms with Crippen LogP contribution in [0.3, 0.4) is 0 Å². The Morgan fingerprint density at radius 3 is 2.78 bits per heavy atom. The van der Waals surface area contributed by atoms with Gasteiger partial charge in [-0.1, -0.05) is 6.08 Å². The fourth-order valence-electron chi connectivity index (χ4n) is 2.76. The van der Waals surface area contributed by atoms with E-state index in [-0.39, 0.29) is 5.56 Å². The third-order valence-corrected chi connectivity index (χ3v) is 5.91. The molecule has 0 fully saturated rings. The van der Waals surface area contributed by atoms with Gasteiger partial charge in [0, 0.05) is 36.1 Å². The van der Waals surface area contributed by atoms with Gasteiger partial charge in [-0.3, -0.25) is 4.79 Å². The standard InChI is InChI=1S/C16H16N6OS2.CH5N/c1-3-9(17)6-11-20-15-14(25-11)10-7-19-22(8-12-18-4-5-24-12)16(23)13(10)21(15)2;1-2/h3-5,7H,6,8,17H2,1-2H3;2H2,1H3/b9-3-;. The average molecular weight is 404 g/mol. The van der Waals surface area contributed by atoms with E-state index in [0.29, 0.717) is 18.5 Å². The highest BCUT2D eigenvalue weighted by Crippen LogP contribution is 2.31. The van der Waals surface area contributed by atoms with Crippen LogP contribution in [0.15, 0.2) is 34.3 Å². The Morgan fingerprint density at radius 2 is 2.11 bits per heavy atom.